The number of rotatable bonds is 3. The average molecular weight is 291 g/mol. The van der Waals surface area contributed by atoms with Crippen molar-refractivity contribution in [2.24, 2.45) is 0 Å². The molecule has 4 rings (SSSR count). The van der Waals surface area contributed by atoms with E-state index in [0.29, 0.717) is 12.5 Å². The van der Waals surface area contributed by atoms with Gasteiger partial charge in [0, 0.05) is 18.0 Å². The molecule has 1 fully saturated rings. The number of nitrogens with one attached hydrogen (secondary N) is 1. The lowest BCUT2D eigenvalue weighted by molar-refractivity contribution is 0.0963. The fourth-order valence-corrected chi connectivity index (χ4v) is 3.76. The molecule has 0 radical (unpaired) electrons. The predicted octanol–water partition coefficient (Wildman–Crippen LogP) is 3.97. The summed E-state index contributed by atoms with van der Waals surface area (Å²) in [5.41, 5.74) is 6.16. The molecule has 0 bridgehead atoms. The molecule has 1 unspecified atom stereocenters. The van der Waals surface area contributed by atoms with E-state index in [-0.39, 0.29) is 5.78 Å². The van der Waals surface area contributed by atoms with Crippen LogP contribution in [0.15, 0.2) is 42.5 Å². The van der Waals surface area contributed by atoms with Crippen molar-refractivity contribution in [3.8, 4) is 11.1 Å². The Bertz CT molecular complexity index is 713. The number of hydrogen-bond donors (Lipinski definition) is 1. The number of fused-ring (bicyclic) bond motifs is 3. The standard InChI is InChI=1S/C20H21NO/c22-20(13-17-6-3-4-10-21-17)15-8-9-19-16(12-15)11-14-5-1-2-7-18(14)19/h1-2,5,7-9,12,17,21H,3-4,6,10-11,13H2. The third-order valence-corrected chi connectivity index (χ3v) is 4.96. The van der Waals surface area contributed by atoms with Crippen LogP contribution in [-0.2, 0) is 6.42 Å². The molecule has 0 spiro atoms. The average Bonchev–Trinajstić information content (AvgIpc) is 2.93. The van der Waals surface area contributed by atoms with Gasteiger partial charge in [-0.15, -0.1) is 0 Å². The highest BCUT2D eigenvalue weighted by molar-refractivity contribution is 5.97. The molecule has 0 saturated carbocycles. The molecule has 1 aliphatic heterocycles. The van der Waals surface area contributed by atoms with Crippen molar-refractivity contribution >= 4 is 5.78 Å². The number of ketones is 1. The number of piperidine rings is 1. The Balaban J connectivity index is 1.55. The minimum Gasteiger partial charge on any atom is -0.314 e. The zero-order valence-corrected chi connectivity index (χ0v) is 12.8. The molecule has 1 N–H and O–H groups in total. The first kappa shape index (κ1) is 13.7. The topological polar surface area (TPSA) is 29.1 Å². The van der Waals surface area contributed by atoms with Gasteiger partial charge >= 0.3 is 0 Å². The van der Waals surface area contributed by atoms with Gasteiger partial charge in [-0.1, -0.05) is 42.8 Å². The van der Waals surface area contributed by atoms with Gasteiger partial charge in [0.1, 0.15) is 0 Å². The predicted molar refractivity (Wildman–Crippen MR) is 89.3 cm³/mol. The Hall–Kier alpha value is -1.93. The summed E-state index contributed by atoms with van der Waals surface area (Å²) in [6.07, 6.45) is 5.19. The van der Waals surface area contributed by atoms with Gasteiger partial charge in [0.15, 0.2) is 5.78 Å². The van der Waals surface area contributed by atoms with Gasteiger partial charge in [-0.2, -0.15) is 0 Å². The van der Waals surface area contributed by atoms with Crippen LogP contribution in [-0.4, -0.2) is 18.4 Å². The maximum Gasteiger partial charge on any atom is 0.164 e. The van der Waals surface area contributed by atoms with Crippen LogP contribution in [0.1, 0.15) is 47.2 Å². The lowest BCUT2D eigenvalue weighted by Crippen LogP contribution is -2.35. The summed E-state index contributed by atoms with van der Waals surface area (Å²) >= 11 is 0. The summed E-state index contributed by atoms with van der Waals surface area (Å²) < 4.78 is 0. The van der Waals surface area contributed by atoms with Crippen LogP contribution in [0.3, 0.4) is 0 Å². The SMILES string of the molecule is O=C(CC1CCCCN1)c1ccc2c(c1)Cc1ccccc1-2. The second kappa shape index (κ2) is 5.69. The Kier molecular flexibility index (Phi) is 3.55. The van der Waals surface area contributed by atoms with Crippen LogP contribution in [0, 0.1) is 0 Å². The Labute approximate surface area is 131 Å². The molecule has 112 valence electrons. The molecule has 1 heterocycles. The van der Waals surface area contributed by atoms with Crippen molar-refractivity contribution < 1.29 is 4.79 Å². The highest BCUT2D eigenvalue weighted by atomic mass is 16.1. The molecular formula is C20H21NO. The minimum absolute atomic E-state index is 0.276. The summed E-state index contributed by atoms with van der Waals surface area (Å²) in [5.74, 6) is 0.276. The smallest absolute Gasteiger partial charge is 0.164 e. The van der Waals surface area contributed by atoms with E-state index in [1.165, 1.54) is 35.1 Å². The van der Waals surface area contributed by atoms with E-state index in [9.17, 15) is 4.79 Å². The molecule has 2 aromatic rings. The summed E-state index contributed by atoms with van der Waals surface area (Å²) in [6, 6.07) is 15.1. The van der Waals surface area contributed by atoms with Crippen molar-refractivity contribution in [1.29, 1.82) is 0 Å². The van der Waals surface area contributed by atoms with Crippen molar-refractivity contribution in [3.05, 3.63) is 59.2 Å². The van der Waals surface area contributed by atoms with E-state index in [2.05, 4.69) is 41.7 Å². The summed E-state index contributed by atoms with van der Waals surface area (Å²) in [7, 11) is 0. The molecule has 2 nitrogen and oxygen atoms in total. The van der Waals surface area contributed by atoms with E-state index >= 15 is 0 Å². The number of benzene rings is 2. The number of Topliss-reactive ketones (excluding diaryl/α,β-unsaturated/α-hetero) is 1. The lowest BCUT2D eigenvalue weighted by Gasteiger charge is -2.22. The molecule has 1 aliphatic carbocycles. The van der Waals surface area contributed by atoms with Crippen LogP contribution in [0.4, 0.5) is 0 Å². The third kappa shape index (κ3) is 2.48. The zero-order chi connectivity index (χ0) is 14.9. The molecule has 2 aromatic carbocycles. The quantitative estimate of drug-likeness (QED) is 0.740. The zero-order valence-electron chi connectivity index (χ0n) is 12.8. The van der Waals surface area contributed by atoms with Crippen LogP contribution in [0.2, 0.25) is 0 Å². The molecule has 2 heteroatoms. The largest absolute Gasteiger partial charge is 0.314 e. The van der Waals surface area contributed by atoms with Gasteiger partial charge < -0.3 is 5.32 Å². The van der Waals surface area contributed by atoms with E-state index in [1.807, 2.05) is 6.07 Å². The molecular weight excluding hydrogens is 270 g/mol. The second-order valence-corrected chi connectivity index (χ2v) is 6.48. The monoisotopic (exact) mass is 291 g/mol. The first-order valence-corrected chi connectivity index (χ1v) is 8.29. The van der Waals surface area contributed by atoms with Crippen molar-refractivity contribution in [1.82, 2.24) is 5.32 Å². The van der Waals surface area contributed by atoms with Gasteiger partial charge in [0.2, 0.25) is 0 Å². The Morgan fingerprint density at radius 3 is 2.77 bits per heavy atom. The van der Waals surface area contributed by atoms with Gasteiger partial charge in [-0.25, -0.2) is 0 Å². The van der Waals surface area contributed by atoms with Crippen molar-refractivity contribution in [2.75, 3.05) is 6.54 Å². The minimum atomic E-state index is 0.276. The van der Waals surface area contributed by atoms with Gasteiger partial charge in [0.25, 0.3) is 0 Å². The normalized spacial score (nSPS) is 19.5. The maximum absolute atomic E-state index is 12.5. The van der Waals surface area contributed by atoms with Crippen LogP contribution < -0.4 is 5.32 Å². The summed E-state index contributed by atoms with van der Waals surface area (Å²) in [4.78, 5) is 12.5. The third-order valence-electron chi connectivity index (χ3n) is 4.96. The van der Waals surface area contributed by atoms with Crippen molar-refractivity contribution in [2.45, 2.75) is 38.1 Å². The van der Waals surface area contributed by atoms with E-state index < -0.39 is 0 Å². The summed E-state index contributed by atoms with van der Waals surface area (Å²) in [5, 5.41) is 3.47. The lowest BCUT2D eigenvalue weighted by atomic mass is 9.95. The van der Waals surface area contributed by atoms with Crippen LogP contribution in [0.5, 0.6) is 0 Å². The maximum atomic E-state index is 12.5. The summed E-state index contributed by atoms with van der Waals surface area (Å²) in [6.45, 7) is 1.05. The molecule has 2 aliphatic rings. The Morgan fingerprint density at radius 1 is 1.05 bits per heavy atom. The van der Waals surface area contributed by atoms with Crippen LogP contribution in [0.25, 0.3) is 11.1 Å². The van der Waals surface area contributed by atoms with E-state index in [1.54, 1.807) is 0 Å². The van der Waals surface area contributed by atoms with Gasteiger partial charge in [0.05, 0.1) is 0 Å². The van der Waals surface area contributed by atoms with Gasteiger partial charge in [-0.3, -0.25) is 4.79 Å². The highest BCUT2D eigenvalue weighted by Gasteiger charge is 2.21. The van der Waals surface area contributed by atoms with Crippen LogP contribution >= 0.6 is 0 Å². The second-order valence-electron chi connectivity index (χ2n) is 6.48. The molecule has 1 saturated heterocycles. The molecule has 0 amide bonds. The molecule has 1 atom stereocenters. The number of hydrogen-bond acceptors (Lipinski definition) is 2. The fraction of sp³-hybridized carbons (Fsp3) is 0.350. The molecule has 22 heavy (non-hydrogen) atoms. The fourth-order valence-electron chi connectivity index (χ4n) is 3.76. The van der Waals surface area contributed by atoms with Crippen molar-refractivity contribution in [3.63, 3.8) is 0 Å². The molecule has 0 aromatic heterocycles. The number of carbonyl (C=O) groups excluding carboxylic acids is 1. The van der Waals surface area contributed by atoms with E-state index in [4.69, 9.17) is 0 Å². The Morgan fingerprint density at radius 2 is 1.91 bits per heavy atom. The number of carbonyl (C=O) groups is 1. The van der Waals surface area contributed by atoms with Gasteiger partial charge in [-0.05, 0) is 54.1 Å². The first-order chi connectivity index (χ1) is 10.8. The first-order valence-electron chi connectivity index (χ1n) is 8.29. The van der Waals surface area contributed by atoms with E-state index in [0.717, 1.165) is 24.9 Å². The highest BCUT2D eigenvalue weighted by Crippen LogP contribution is 2.36.